The summed E-state index contributed by atoms with van der Waals surface area (Å²) in [6, 6.07) is 6.76. The van der Waals surface area contributed by atoms with Crippen molar-refractivity contribution in [3.63, 3.8) is 0 Å². The van der Waals surface area contributed by atoms with E-state index < -0.39 is 51.5 Å². The minimum absolute atomic E-state index is 0.0128. The lowest BCUT2D eigenvalue weighted by molar-refractivity contribution is -0.115. The van der Waals surface area contributed by atoms with Crippen LogP contribution in [0.4, 0.5) is 18.9 Å². The summed E-state index contributed by atoms with van der Waals surface area (Å²) in [5, 5.41) is 4.27. The monoisotopic (exact) mass is 457 g/mol. The molecule has 0 atom stereocenters. The molecule has 2 aromatic rings. The third-order valence-corrected chi connectivity index (χ3v) is 6.32. The van der Waals surface area contributed by atoms with Crippen molar-refractivity contribution in [2.45, 2.75) is 4.90 Å². The zero-order chi connectivity index (χ0) is 22.6. The van der Waals surface area contributed by atoms with E-state index in [1.807, 2.05) is 5.32 Å². The highest BCUT2D eigenvalue weighted by Gasteiger charge is 2.27. The molecular formula is C19H18F3N3O5S. The average Bonchev–Trinajstić information content (AvgIpc) is 2.78. The minimum Gasteiger partial charge on any atom is -0.379 e. The van der Waals surface area contributed by atoms with Crippen LogP contribution < -0.4 is 10.6 Å². The zero-order valence-electron chi connectivity index (χ0n) is 16.0. The van der Waals surface area contributed by atoms with Crippen molar-refractivity contribution < 1.29 is 35.9 Å². The molecule has 0 unspecified atom stereocenters. The van der Waals surface area contributed by atoms with Crippen LogP contribution in [-0.4, -0.2) is 57.4 Å². The van der Waals surface area contributed by atoms with Gasteiger partial charge in [0.15, 0.2) is 17.5 Å². The number of morpholine rings is 1. The standard InChI is InChI=1S/C19H18F3N3O5S/c20-14-4-5-15(18(22)17(14)21)24-16(26)11-23-19(27)12-2-1-3-13(10-12)31(28,29)25-6-8-30-9-7-25/h1-5,10H,6-9,11H2,(H,23,27)(H,24,26). The lowest BCUT2D eigenvalue weighted by Crippen LogP contribution is -2.40. The number of anilines is 1. The molecule has 0 spiro atoms. The fourth-order valence-corrected chi connectivity index (χ4v) is 4.27. The summed E-state index contributed by atoms with van der Waals surface area (Å²) in [5.41, 5.74) is -0.599. The highest BCUT2D eigenvalue weighted by atomic mass is 32.2. The average molecular weight is 457 g/mol. The van der Waals surface area contributed by atoms with Crippen LogP contribution in [0.3, 0.4) is 0 Å². The molecule has 3 rings (SSSR count). The predicted octanol–water partition coefficient (Wildman–Crippen LogP) is 1.49. The van der Waals surface area contributed by atoms with E-state index in [-0.39, 0.29) is 36.8 Å². The molecule has 2 N–H and O–H groups in total. The van der Waals surface area contributed by atoms with Crippen LogP contribution in [0.1, 0.15) is 10.4 Å². The summed E-state index contributed by atoms with van der Waals surface area (Å²) in [5.74, 6) is -6.35. The Morgan fingerprint density at radius 3 is 2.45 bits per heavy atom. The molecule has 1 saturated heterocycles. The number of amides is 2. The Morgan fingerprint density at radius 1 is 1.03 bits per heavy atom. The third kappa shape index (κ3) is 5.21. The van der Waals surface area contributed by atoms with E-state index in [0.29, 0.717) is 6.07 Å². The first-order valence-corrected chi connectivity index (χ1v) is 10.5. The van der Waals surface area contributed by atoms with Gasteiger partial charge in [0.1, 0.15) is 0 Å². The Hall–Kier alpha value is -2.96. The van der Waals surface area contributed by atoms with Crippen LogP contribution in [0.15, 0.2) is 41.3 Å². The Labute approximate surface area is 176 Å². The number of nitrogens with one attached hydrogen (secondary N) is 2. The van der Waals surface area contributed by atoms with Crippen LogP contribution >= 0.6 is 0 Å². The SMILES string of the molecule is O=C(CNC(=O)c1cccc(S(=O)(=O)N2CCOCC2)c1)Nc1ccc(F)c(F)c1F. The Bertz CT molecular complexity index is 1100. The van der Waals surface area contributed by atoms with E-state index in [1.54, 1.807) is 0 Å². The number of carbonyl (C=O) groups is 2. The molecule has 1 heterocycles. The van der Waals surface area contributed by atoms with Gasteiger partial charge in [0.25, 0.3) is 5.91 Å². The van der Waals surface area contributed by atoms with E-state index in [2.05, 4.69) is 5.32 Å². The molecule has 0 bridgehead atoms. The number of carbonyl (C=O) groups excluding carboxylic acids is 2. The van der Waals surface area contributed by atoms with Crippen LogP contribution in [0.2, 0.25) is 0 Å². The molecule has 2 aromatic carbocycles. The first kappa shape index (κ1) is 22.7. The summed E-state index contributed by atoms with van der Waals surface area (Å²) < 4.78 is 71.5. The molecule has 1 aliphatic rings. The van der Waals surface area contributed by atoms with Gasteiger partial charge in [-0.15, -0.1) is 0 Å². The molecule has 0 aliphatic carbocycles. The Morgan fingerprint density at radius 2 is 1.74 bits per heavy atom. The van der Waals surface area contributed by atoms with Crippen LogP contribution in [0.5, 0.6) is 0 Å². The molecule has 8 nitrogen and oxygen atoms in total. The van der Waals surface area contributed by atoms with E-state index in [9.17, 15) is 31.2 Å². The molecule has 0 aromatic heterocycles. The van der Waals surface area contributed by atoms with Gasteiger partial charge in [0.2, 0.25) is 15.9 Å². The van der Waals surface area contributed by atoms with Crippen LogP contribution in [0.25, 0.3) is 0 Å². The molecule has 31 heavy (non-hydrogen) atoms. The molecule has 1 fully saturated rings. The number of sulfonamides is 1. The fourth-order valence-electron chi connectivity index (χ4n) is 2.81. The normalized spacial score (nSPS) is 14.8. The lowest BCUT2D eigenvalue weighted by atomic mass is 10.2. The number of benzene rings is 2. The van der Waals surface area contributed by atoms with Crippen molar-refractivity contribution >= 4 is 27.5 Å². The summed E-state index contributed by atoms with van der Waals surface area (Å²) >= 11 is 0. The summed E-state index contributed by atoms with van der Waals surface area (Å²) in [7, 11) is -3.82. The molecule has 2 amide bonds. The smallest absolute Gasteiger partial charge is 0.251 e. The van der Waals surface area contributed by atoms with Gasteiger partial charge in [0.05, 0.1) is 30.3 Å². The summed E-state index contributed by atoms with van der Waals surface area (Å²) in [6.07, 6.45) is 0. The third-order valence-electron chi connectivity index (χ3n) is 4.42. The van der Waals surface area contributed by atoms with Crippen molar-refractivity contribution in [3.05, 3.63) is 59.4 Å². The van der Waals surface area contributed by atoms with Gasteiger partial charge in [-0.05, 0) is 30.3 Å². The van der Waals surface area contributed by atoms with Crippen LogP contribution in [0, 0.1) is 17.5 Å². The highest BCUT2D eigenvalue weighted by Crippen LogP contribution is 2.20. The van der Waals surface area contributed by atoms with Gasteiger partial charge in [-0.25, -0.2) is 21.6 Å². The topological polar surface area (TPSA) is 105 Å². The quantitative estimate of drug-likeness (QED) is 0.640. The number of halogens is 3. The van der Waals surface area contributed by atoms with Gasteiger partial charge in [-0.2, -0.15) is 4.31 Å². The molecule has 166 valence electrons. The van der Waals surface area contributed by atoms with E-state index >= 15 is 0 Å². The number of hydrogen-bond acceptors (Lipinski definition) is 5. The first-order valence-electron chi connectivity index (χ1n) is 9.09. The van der Waals surface area contributed by atoms with Crippen molar-refractivity contribution in [1.82, 2.24) is 9.62 Å². The van der Waals surface area contributed by atoms with Gasteiger partial charge >= 0.3 is 0 Å². The van der Waals surface area contributed by atoms with Crippen molar-refractivity contribution in [1.29, 1.82) is 0 Å². The number of nitrogens with zero attached hydrogens (tertiary/aromatic N) is 1. The largest absolute Gasteiger partial charge is 0.379 e. The van der Waals surface area contributed by atoms with Gasteiger partial charge in [-0.3, -0.25) is 9.59 Å². The maximum Gasteiger partial charge on any atom is 0.251 e. The second-order valence-electron chi connectivity index (χ2n) is 6.50. The Kier molecular flexibility index (Phi) is 6.93. The number of ether oxygens (including phenoxy) is 1. The van der Waals surface area contributed by atoms with E-state index in [1.165, 1.54) is 28.6 Å². The van der Waals surface area contributed by atoms with Crippen LogP contribution in [-0.2, 0) is 19.6 Å². The van der Waals surface area contributed by atoms with E-state index in [4.69, 9.17) is 4.74 Å². The lowest BCUT2D eigenvalue weighted by Gasteiger charge is -2.26. The maximum atomic E-state index is 13.6. The summed E-state index contributed by atoms with van der Waals surface area (Å²) in [4.78, 5) is 24.1. The fraction of sp³-hybridized carbons (Fsp3) is 0.263. The van der Waals surface area contributed by atoms with Gasteiger partial charge in [-0.1, -0.05) is 6.07 Å². The highest BCUT2D eigenvalue weighted by molar-refractivity contribution is 7.89. The van der Waals surface area contributed by atoms with Crippen molar-refractivity contribution in [2.75, 3.05) is 38.2 Å². The maximum absolute atomic E-state index is 13.6. The second kappa shape index (κ2) is 9.45. The number of hydrogen-bond donors (Lipinski definition) is 2. The summed E-state index contributed by atoms with van der Waals surface area (Å²) in [6.45, 7) is 0.316. The molecule has 1 aliphatic heterocycles. The zero-order valence-corrected chi connectivity index (χ0v) is 16.8. The second-order valence-corrected chi connectivity index (χ2v) is 8.44. The Balaban J connectivity index is 1.64. The van der Waals surface area contributed by atoms with Gasteiger partial charge in [0, 0.05) is 18.7 Å². The first-order chi connectivity index (χ1) is 14.7. The number of rotatable bonds is 6. The van der Waals surface area contributed by atoms with Crippen molar-refractivity contribution in [2.24, 2.45) is 0 Å². The van der Waals surface area contributed by atoms with Gasteiger partial charge < -0.3 is 15.4 Å². The molecule has 12 heteroatoms. The minimum atomic E-state index is -3.82. The molecule has 0 radical (unpaired) electrons. The van der Waals surface area contributed by atoms with E-state index in [0.717, 1.165) is 6.07 Å². The molecular weight excluding hydrogens is 439 g/mol. The predicted molar refractivity (Wildman–Crippen MR) is 103 cm³/mol. The molecule has 0 saturated carbocycles. The van der Waals surface area contributed by atoms with Crippen molar-refractivity contribution in [3.8, 4) is 0 Å².